The normalized spacial score (nSPS) is 14.0. The van der Waals surface area contributed by atoms with Gasteiger partial charge in [0.05, 0.1) is 19.8 Å². The van der Waals surface area contributed by atoms with Crippen molar-refractivity contribution in [1.29, 1.82) is 0 Å². The van der Waals surface area contributed by atoms with Crippen molar-refractivity contribution < 1.29 is 19.1 Å². The molecule has 3 rings (SSSR count). The summed E-state index contributed by atoms with van der Waals surface area (Å²) in [5, 5.41) is 3.00. The number of amides is 2. The fourth-order valence-electron chi connectivity index (χ4n) is 4.01. The molecule has 184 valence electrons. The van der Waals surface area contributed by atoms with Crippen LogP contribution in [0.4, 0.5) is 5.82 Å². The molecule has 0 unspecified atom stereocenters. The van der Waals surface area contributed by atoms with Gasteiger partial charge in [-0.2, -0.15) is 0 Å². The average molecular weight is 469 g/mol. The Kier molecular flexibility index (Phi) is 8.36. The van der Waals surface area contributed by atoms with Crippen molar-refractivity contribution in [2.24, 2.45) is 5.41 Å². The molecule has 34 heavy (non-hydrogen) atoms. The first kappa shape index (κ1) is 25.3. The number of piperazine rings is 1. The summed E-state index contributed by atoms with van der Waals surface area (Å²) in [6.07, 6.45) is 2.90. The zero-order valence-corrected chi connectivity index (χ0v) is 20.9. The van der Waals surface area contributed by atoms with E-state index < -0.39 is 0 Å². The van der Waals surface area contributed by atoms with Crippen LogP contribution in [0.15, 0.2) is 36.5 Å². The number of hydrogen-bond acceptors (Lipinski definition) is 6. The van der Waals surface area contributed by atoms with Gasteiger partial charge in [-0.05, 0) is 41.7 Å². The van der Waals surface area contributed by atoms with E-state index in [1.807, 2.05) is 23.1 Å². The lowest BCUT2D eigenvalue weighted by Gasteiger charge is -2.37. The lowest BCUT2D eigenvalue weighted by atomic mass is 9.91. The minimum atomic E-state index is -0.158. The van der Waals surface area contributed by atoms with Crippen molar-refractivity contribution in [1.82, 2.24) is 15.2 Å². The van der Waals surface area contributed by atoms with Gasteiger partial charge in [-0.3, -0.25) is 9.59 Å². The van der Waals surface area contributed by atoms with Gasteiger partial charge in [0.25, 0.3) is 5.91 Å². The predicted molar refractivity (Wildman–Crippen MR) is 133 cm³/mol. The van der Waals surface area contributed by atoms with Crippen LogP contribution in [0.2, 0.25) is 0 Å². The smallest absolute Gasteiger partial charge is 0.255 e. The highest BCUT2D eigenvalue weighted by Crippen LogP contribution is 2.27. The Morgan fingerprint density at radius 3 is 2.38 bits per heavy atom. The third-order valence-electron chi connectivity index (χ3n) is 5.79. The first-order valence-corrected chi connectivity index (χ1v) is 11.7. The number of nitrogens with one attached hydrogen (secondary N) is 1. The maximum atomic E-state index is 13.0. The van der Waals surface area contributed by atoms with Crippen LogP contribution in [0, 0.1) is 5.41 Å². The molecule has 0 radical (unpaired) electrons. The minimum Gasteiger partial charge on any atom is -0.493 e. The van der Waals surface area contributed by atoms with Gasteiger partial charge in [-0.1, -0.05) is 26.8 Å². The van der Waals surface area contributed by atoms with Crippen LogP contribution in [0.1, 0.15) is 43.1 Å². The maximum Gasteiger partial charge on any atom is 0.255 e. The Morgan fingerprint density at radius 2 is 1.74 bits per heavy atom. The standard InChI is InChI=1S/C26H36N4O4/c1-26(2,3)18-23(31)29-13-15-30(16-14-29)24-20(7-6-11-27-24)25(32)28-12-10-19-8-9-21(33-4)22(17-19)34-5/h6-9,11,17H,10,12-16,18H2,1-5H3,(H,28,32). The van der Waals surface area contributed by atoms with Crippen molar-refractivity contribution >= 4 is 17.6 Å². The molecule has 1 saturated heterocycles. The third kappa shape index (κ3) is 6.62. The average Bonchev–Trinajstić information content (AvgIpc) is 2.83. The fraction of sp³-hybridized carbons (Fsp3) is 0.500. The van der Waals surface area contributed by atoms with Gasteiger partial charge in [-0.25, -0.2) is 4.98 Å². The number of hydrogen-bond donors (Lipinski definition) is 1. The minimum absolute atomic E-state index is 0.0303. The van der Waals surface area contributed by atoms with Gasteiger partial charge in [0, 0.05) is 45.3 Å². The van der Waals surface area contributed by atoms with E-state index >= 15 is 0 Å². The molecule has 0 aliphatic carbocycles. The fourth-order valence-corrected chi connectivity index (χ4v) is 4.01. The largest absolute Gasteiger partial charge is 0.493 e. The Hall–Kier alpha value is -3.29. The SMILES string of the molecule is COc1ccc(CCNC(=O)c2cccnc2N2CCN(C(=O)CC(C)(C)C)CC2)cc1OC. The number of aromatic nitrogens is 1. The third-order valence-corrected chi connectivity index (χ3v) is 5.79. The van der Waals surface area contributed by atoms with Crippen LogP contribution in [0.3, 0.4) is 0 Å². The summed E-state index contributed by atoms with van der Waals surface area (Å²) in [5.41, 5.74) is 1.56. The molecule has 8 heteroatoms. The van der Waals surface area contributed by atoms with Crippen LogP contribution >= 0.6 is 0 Å². The van der Waals surface area contributed by atoms with E-state index in [-0.39, 0.29) is 17.2 Å². The molecule has 2 aromatic rings. The first-order chi connectivity index (χ1) is 16.2. The molecule has 1 aliphatic heterocycles. The molecule has 2 heterocycles. The number of ether oxygens (including phenoxy) is 2. The molecule has 0 saturated carbocycles. The summed E-state index contributed by atoms with van der Waals surface area (Å²) in [6.45, 7) is 9.27. The summed E-state index contributed by atoms with van der Waals surface area (Å²) in [4.78, 5) is 34.0. The Bertz CT molecular complexity index is 995. The quantitative estimate of drug-likeness (QED) is 0.641. The first-order valence-electron chi connectivity index (χ1n) is 11.7. The summed E-state index contributed by atoms with van der Waals surface area (Å²) in [7, 11) is 3.21. The monoisotopic (exact) mass is 468 g/mol. The van der Waals surface area contributed by atoms with Crippen molar-refractivity contribution in [2.45, 2.75) is 33.6 Å². The number of carbonyl (C=O) groups excluding carboxylic acids is 2. The number of carbonyl (C=O) groups is 2. The number of methoxy groups -OCH3 is 2. The number of nitrogens with zero attached hydrogens (tertiary/aromatic N) is 3. The molecule has 1 N–H and O–H groups in total. The van der Waals surface area contributed by atoms with Crippen molar-refractivity contribution in [2.75, 3.05) is 51.8 Å². The summed E-state index contributed by atoms with van der Waals surface area (Å²) in [6, 6.07) is 9.31. The molecular formula is C26H36N4O4. The molecule has 1 aromatic heterocycles. The Balaban J connectivity index is 1.58. The van der Waals surface area contributed by atoms with Crippen LogP contribution in [-0.4, -0.2) is 68.6 Å². The Labute approximate surface area is 202 Å². The Morgan fingerprint density at radius 1 is 1.03 bits per heavy atom. The number of anilines is 1. The van der Waals surface area contributed by atoms with E-state index in [1.54, 1.807) is 32.5 Å². The van der Waals surface area contributed by atoms with Crippen molar-refractivity contribution in [3.8, 4) is 11.5 Å². The summed E-state index contributed by atoms with van der Waals surface area (Å²) < 4.78 is 10.6. The number of rotatable bonds is 8. The van der Waals surface area contributed by atoms with Gasteiger partial charge in [0.2, 0.25) is 5.91 Å². The van der Waals surface area contributed by atoms with E-state index in [1.165, 1.54) is 0 Å². The van der Waals surface area contributed by atoms with Gasteiger partial charge >= 0.3 is 0 Å². The second-order valence-electron chi connectivity index (χ2n) is 9.68. The van der Waals surface area contributed by atoms with E-state index in [0.717, 1.165) is 5.56 Å². The van der Waals surface area contributed by atoms with Gasteiger partial charge in [0.15, 0.2) is 11.5 Å². The lowest BCUT2D eigenvalue weighted by molar-refractivity contribution is -0.133. The van der Waals surface area contributed by atoms with E-state index in [0.29, 0.717) is 68.4 Å². The molecule has 1 fully saturated rings. The molecule has 0 atom stereocenters. The number of pyridine rings is 1. The molecule has 8 nitrogen and oxygen atoms in total. The van der Waals surface area contributed by atoms with E-state index in [2.05, 4.69) is 36.0 Å². The molecule has 2 amide bonds. The second-order valence-corrected chi connectivity index (χ2v) is 9.68. The van der Waals surface area contributed by atoms with E-state index in [9.17, 15) is 9.59 Å². The highest BCUT2D eigenvalue weighted by Gasteiger charge is 2.27. The van der Waals surface area contributed by atoms with Crippen molar-refractivity contribution in [3.05, 3.63) is 47.7 Å². The maximum absolute atomic E-state index is 13.0. The molecule has 0 bridgehead atoms. The molecular weight excluding hydrogens is 432 g/mol. The van der Waals surface area contributed by atoms with Gasteiger partial charge < -0.3 is 24.6 Å². The molecule has 1 aromatic carbocycles. The second kappa shape index (κ2) is 11.2. The van der Waals surface area contributed by atoms with Crippen LogP contribution < -0.4 is 19.7 Å². The number of benzene rings is 1. The highest BCUT2D eigenvalue weighted by atomic mass is 16.5. The summed E-state index contributed by atoms with van der Waals surface area (Å²) in [5.74, 6) is 2.03. The summed E-state index contributed by atoms with van der Waals surface area (Å²) >= 11 is 0. The van der Waals surface area contributed by atoms with Gasteiger partial charge in [-0.15, -0.1) is 0 Å². The topological polar surface area (TPSA) is 84.0 Å². The van der Waals surface area contributed by atoms with Crippen LogP contribution in [0.5, 0.6) is 11.5 Å². The van der Waals surface area contributed by atoms with Gasteiger partial charge in [0.1, 0.15) is 5.82 Å². The highest BCUT2D eigenvalue weighted by molar-refractivity contribution is 5.98. The zero-order chi connectivity index (χ0) is 24.7. The molecule has 1 aliphatic rings. The predicted octanol–water partition coefficient (Wildman–Crippen LogP) is 3.16. The molecule has 0 spiro atoms. The van der Waals surface area contributed by atoms with Crippen LogP contribution in [-0.2, 0) is 11.2 Å². The zero-order valence-electron chi connectivity index (χ0n) is 20.9. The van der Waals surface area contributed by atoms with Crippen molar-refractivity contribution in [3.63, 3.8) is 0 Å². The van der Waals surface area contributed by atoms with E-state index in [4.69, 9.17) is 9.47 Å². The van der Waals surface area contributed by atoms with Crippen LogP contribution in [0.25, 0.3) is 0 Å². The lowest BCUT2D eigenvalue weighted by Crippen LogP contribution is -2.50.